The minimum Gasteiger partial charge on any atom is -0.467 e. The van der Waals surface area contributed by atoms with Crippen LogP contribution in [0.3, 0.4) is 0 Å². The summed E-state index contributed by atoms with van der Waals surface area (Å²) in [5.41, 5.74) is 0.545. The molecule has 0 aliphatic heterocycles. The van der Waals surface area contributed by atoms with E-state index in [1.165, 1.54) is 7.11 Å². The van der Waals surface area contributed by atoms with Crippen molar-refractivity contribution in [1.82, 2.24) is 5.32 Å². The van der Waals surface area contributed by atoms with Gasteiger partial charge in [-0.2, -0.15) is 0 Å². The molecular weight excluding hydrogens is 278 g/mol. The first-order valence-electron chi connectivity index (χ1n) is 7.53. The van der Waals surface area contributed by atoms with Gasteiger partial charge in [0.25, 0.3) is 5.91 Å². The lowest BCUT2D eigenvalue weighted by atomic mass is 10.1. The molecule has 4 heteroatoms. The zero-order valence-electron chi connectivity index (χ0n) is 13.0. The normalized spacial score (nSPS) is 11.9. The molecular formula is C18H21NO3. The molecule has 0 fully saturated rings. The van der Waals surface area contributed by atoms with E-state index in [-0.39, 0.29) is 5.91 Å². The van der Waals surface area contributed by atoms with Crippen LogP contribution in [0.4, 0.5) is 0 Å². The first-order chi connectivity index (χ1) is 10.7. The fraction of sp³-hybridized carbons (Fsp3) is 0.333. The highest BCUT2D eigenvalue weighted by Crippen LogP contribution is 2.16. The Morgan fingerprint density at radius 3 is 2.55 bits per heavy atom. The van der Waals surface area contributed by atoms with Crippen molar-refractivity contribution < 1.29 is 14.3 Å². The Labute approximate surface area is 130 Å². The Bertz CT molecular complexity index is 666. The lowest BCUT2D eigenvalue weighted by Crippen LogP contribution is -2.41. The molecule has 0 radical (unpaired) electrons. The van der Waals surface area contributed by atoms with Crippen molar-refractivity contribution in [1.29, 1.82) is 0 Å². The summed E-state index contributed by atoms with van der Waals surface area (Å²) in [5, 5.41) is 4.85. The van der Waals surface area contributed by atoms with E-state index in [1.807, 2.05) is 43.3 Å². The monoisotopic (exact) mass is 299 g/mol. The number of unbranched alkanes of at least 4 members (excludes halogenated alkanes) is 1. The van der Waals surface area contributed by atoms with E-state index < -0.39 is 12.0 Å². The first kappa shape index (κ1) is 16.0. The summed E-state index contributed by atoms with van der Waals surface area (Å²) in [6, 6.07) is 12.8. The van der Waals surface area contributed by atoms with Gasteiger partial charge in [0.1, 0.15) is 6.04 Å². The average molecular weight is 299 g/mol. The molecule has 0 spiro atoms. The highest BCUT2D eigenvalue weighted by atomic mass is 16.5. The number of fused-ring (bicyclic) bond motifs is 1. The summed E-state index contributed by atoms with van der Waals surface area (Å²) >= 11 is 0. The summed E-state index contributed by atoms with van der Waals surface area (Å²) in [6.07, 6.45) is 2.40. The van der Waals surface area contributed by atoms with Gasteiger partial charge in [0.05, 0.1) is 7.11 Å². The number of rotatable bonds is 6. The van der Waals surface area contributed by atoms with Crippen molar-refractivity contribution >= 4 is 22.6 Å². The Morgan fingerprint density at radius 2 is 1.86 bits per heavy atom. The smallest absolute Gasteiger partial charge is 0.328 e. The molecule has 0 aliphatic carbocycles. The summed E-state index contributed by atoms with van der Waals surface area (Å²) < 4.78 is 4.76. The molecule has 1 N–H and O–H groups in total. The highest BCUT2D eigenvalue weighted by molar-refractivity contribution is 6.00. The molecule has 116 valence electrons. The number of benzene rings is 2. The predicted octanol–water partition coefficient (Wildman–Crippen LogP) is 3.30. The van der Waals surface area contributed by atoms with Crippen molar-refractivity contribution in [3.05, 3.63) is 48.0 Å². The fourth-order valence-corrected chi connectivity index (χ4v) is 2.37. The second-order valence-corrected chi connectivity index (χ2v) is 5.25. The van der Waals surface area contributed by atoms with Crippen molar-refractivity contribution in [3.63, 3.8) is 0 Å². The van der Waals surface area contributed by atoms with E-state index in [1.54, 1.807) is 6.07 Å². The lowest BCUT2D eigenvalue weighted by molar-refractivity contribution is -0.143. The van der Waals surface area contributed by atoms with E-state index in [9.17, 15) is 9.59 Å². The number of hydrogen-bond acceptors (Lipinski definition) is 3. The van der Waals surface area contributed by atoms with E-state index in [0.717, 1.165) is 23.6 Å². The Hall–Kier alpha value is -2.36. The molecule has 2 aromatic rings. The topological polar surface area (TPSA) is 55.4 Å². The molecule has 0 saturated carbocycles. The van der Waals surface area contributed by atoms with Gasteiger partial charge in [-0.05, 0) is 29.3 Å². The minimum absolute atomic E-state index is 0.253. The highest BCUT2D eigenvalue weighted by Gasteiger charge is 2.21. The summed E-state index contributed by atoms with van der Waals surface area (Å²) in [6.45, 7) is 2.04. The van der Waals surface area contributed by atoms with Gasteiger partial charge in [-0.25, -0.2) is 4.79 Å². The van der Waals surface area contributed by atoms with Crippen LogP contribution in [0.5, 0.6) is 0 Å². The standard InChI is InChI=1S/C18H21NO3/c1-3-4-9-16(18(21)22-2)19-17(20)15-11-10-13-7-5-6-8-14(13)12-15/h5-8,10-12,16H,3-4,9H2,1-2H3,(H,19,20)/t16-/m0/s1. The second kappa shape index (κ2) is 7.59. The van der Waals surface area contributed by atoms with E-state index in [2.05, 4.69) is 5.32 Å². The number of amides is 1. The van der Waals surface area contributed by atoms with Crippen LogP contribution in [0.15, 0.2) is 42.5 Å². The van der Waals surface area contributed by atoms with Crippen molar-refractivity contribution in [3.8, 4) is 0 Å². The van der Waals surface area contributed by atoms with Crippen molar-refractivity contribution in [2.75, 3.05) is 7.11 Å². The summed E-state index contributed by atoms with van der Waals surface area (Å²) in [7, 11) is 1.34. The van der Waals surface area contributed by atoms with Gasteiger partial charge in [0, 0.05) is 5.56 Å². The quantitative estimate of drug-likeness (QED) is 0.833. The number of methoxy groups -OCH3 is 1. The van der Waals surface area contributed by atoms with Gasteiger partial charge in [-0.1, -0.05) is 50.1 Å². The predicted molar refractivity (Wildman–Crippen MR) is 86.7 cm³/mol. The number of nitrogens with one attached hydrogen (secondary N) is 1. The second-order valence-electron chi connectivity index (χ2n) is 5.25. The molecule has 0 aromatic heterocycles. The number of carbonyl (C=O) groups excluding carboxylic acids is 2. The maximum atomic E-state index is 12.4. The molecule has 0 bridgehead atoms. The molecule has 1 amide bonds. The summed E-state index contributed by atoms with van der Waals surface area (Å²) in [4.78, 5) is 24.1. The Kier molecular flexibility index (Phi) is 5.53. The zero-order chi connectivity index (χ0) is 15.9. The van der Waals surface area contributed by atoms with Crippen LogP contribution < -0.4 is 5.32 Å². The summed E-state index contributed by atoms with van der Waals surface area (Å²) in [5.74, 6) is -0.653. The maximum absolute atomic E-state index is 12.4. The number of ether oxygens (including phenoxy) is 1. The molecule has 2 aromatic carbocycles. The van der Waals surface area contributed by atoms with Crippen LogP contribution in [0.2, 0.25) is 0 Å². The minimum atomic E-state index is -0.594. The number of esters is 1. The molecule has 0 saturated heterocycles. The molecule has 0 unspecified atom stereocenters. The Balaban J connectivity index is 2.15. The van der Waals surface area contributed by atoms with Gasteiger partial charge >= 0.3 is 5.97 Å². The van der Waals surface area contributed by atoms with Crippen molar-refractivity contribution in [2.24, 2.45) is 0 Å². The molecule has 0 heterocycles. The fourth-order valence-electron chi connectivity index (χ4n) is 2.37. The van der Waals surface area contributed by atoms with E-state index in [4.69, 9.17) is 4.74 Å². The Morgan fingerprint density at radius 1 is 1.14 bits per heavy atom. The van der Waals surface area contributed by atoms with Crippen LogP contribution in [-0.2, 0) is 9.53 Å². The average Bonchev–Trinajstić information content (AvgIpc) is 2.57. The van der Waals surface area contributed by atoms with Gasteiger partial charge in [-0.3, -0.25) is 4.79 Å². The maximum Gasteiger partial charge on any atom is 0.328 e. The first-order valence-corrected chi connectivity index (χ1v) is 7.53. The van der Waals surface area contributed by atoms with Gasteiger partial charge in [0.2, 0.25) is 0 Å². The molecule has 4 nitrogen and oxygen atoms in total. The van der Waals surface area contributed by atoms with Gasteiger partial charge in [0.15, 0.2) is 0 Å². The third-order valence-corrected chi connectivity index (χ3v) is 3.65. The molecule has 1 atom stereocenters. The van der Waals surface area contributed by atoms with Gasteiger partial charge < -0.3 is 10.1 Å². The third-order valence-electron chi connectivity index (χ3n) is 3.65. The molecule has 22 heavy (non-hydrogen) atoms. The van der Waals surface area contributed by atoms with E-state index in [0.29, 0.717) is 12.0 Å². The largest absolute Gasteiger partial charge is 0.467 e. The van der Waals surface area contributed by atoms with Crippen molar-refractivity contribution in [2.45, 2.75) is 32.2 Å². The third kappa shape index (κ3) is 3.85. The van der Waals surface area contributed by atoms with Crippen LogP contribution in [0.25, 0.3) is 10.8 Å². The lowest BCUT2D eigenvalue weighted by Gasteiger charge is -2.16. The molecule has 2 rings (SSSR count). The van der Waals surface area contributed by atoms with Crippen LogP contribution in [0, 0.1) is 0 Å². The zero-order valence-corrected chi connectivity index (χ0v) is 13.0. The van der Waals surface area contributed by atoms with Gasteiger partial charge in [-0.15, -0.1) is 0 Å². The number of hydrogen-bond donors (Lipinski definition) is 1. The van der Waals surface area contributed by atoms with Crippen LogP contribution >= 0.6 is 0 Å². The SMILES string of the molecule is CCCC[C@H](NC(=O)c1ccc2ccccc2c1)C(=O)OC. The van der Waals surface area contributed by atoms with Crippen LogP contribution in [-0.4, -0.2) is 25.0 Å². The van der Waals surface area contributed by atoms with Crippen LogP contribution in [0.1, 0.15) is 36.5 Å². The molecule has 0 aliphatic rings. The van der Waals surface area contributed by atoms with E-state index >= 15 is 0 Å². The number of carbonyl (C=O) groups is 2.